The van der Waals surface area contributed by atoms with Crippen LogP contribution in [0.15, 0.2) is 0 Å². The molecule has 8 amide bonds. The largest absolute Gasteiger partial charge is 0.480 e. The maximum absolute atomic E-state index is 13.7. The Bertz CT molecular complexity index is 1310. The van der Waals surface area contributed by atoms with Crippen molar-refractivity contribution < 1.29 is 48.3 Å². The van der Waals surface area contributed by atoms with E-state index in [2.05, 4.69) is 31.9 Å². The third-order valence-electron chi connectivity index (χ3n) is 8.58. The van der Waals surface area contributed by atoms with Gasteiger partial charge in [-0.2, -0.15) is 0 Å². The molecule has 19 heteroatoms. The Kier molecular flexibility index (Phi) is 19.3. The van der Waals surface area contributed by atoms with E-state index in [9.17, 15) is 43.2 Å². The van der Waals surface area contributed by atoms with Crippen LogP contribution in [-0.4, -0.2) is 120 Å². The summed E-state index contributed by atoms with van der Waals surface area (Å²) < 4.78 is 0. The molecule has 0 aromatic rings. The number of carboxylic acid groups (broad SMARTS) is 1. The maximum Gasteiger partial charge on any atom is 0.322 e. The van der Waals surface area contributed by atoms with Crippen molar-refractivity contribution in [2.45, 2.75) is 110 Å². The lowest BCUT2D eigenvalue weighted by Crippen LogP contribution is -2.61. The fraction of sp³-hybridized carbons (Fsp3) is 0.727. The molecular weight excluding hydrogens is 682 g/mol. The number of nitrogens with two attached hydrogens (primary N) is 2. The van der Waals surface area contributed by atoms with E-state index in [4.69, 9.17) is 16.6 Å². The summed E-state index contributed by atoms with van der Waals surface area (Å²) in [5, 5.41) is 24.1. The first-order chi connectivity index (χ1) is 24.3. The first kappa shape index (κ1) is 45.2. The van der Waals surface area contributed by atoms with Gasteiger partial charge in [0.1, 0.15) is 36.8 Å². The molecular formula is C33H57N9O10. The Morgan fingerprint density at radius 1 is 0.788 bits per heavy atom. The predicted octanol–water partition coefficient (Wildman–Crippen LogP) is -2.79. The van der Waals surface area contributed by atoms with Gasteiger partial charge in [0.25, 0.3) is 0 Å². The number of nitrogens with zero attached hydrogens (tertiary/aromatic N) is 1. The maximum atomic E-state index is 13.7. The highest BCUT2D eigenvalue weighted by Crippen LogP contribution is 2.20. The minimum Gasteiger partial charge on any atom is -0.480 e. The van der Waals surface area contributed by atoms with Crippen molar-refractivity contribution in [1.29, 1.82) is 0 Å². The second kappa shape index (κ2) is 22.2. The van der Waals surface area contributed by atoms with Crippen LogP contribution < -0.4 is 43.4 Å². The van der Waals surface area contributed by atoms with Crippen LogP contribution >= 0.6 is 0 Å². The zero-order valence-corrected chi connectivity index (χ0v) is 30.9. The number of hydrogen-bond acceptors (Lipinski definition) is 10. The van der Waals surface area contributed by atoms with Crippen LogP contribution in [0, 0.1) is 17.8 Å². The average molecular weight is 740 g/mol. The molecule has 1 saturated heterocycles. The molecule has 0 bridgehead atoms. The van der Waals surface area contributed by atoms with E-state index in [1.54, 1.807) is 20.8 Å². The molecule has 1 aliphatic rings. The number of amides is 8. The lowest BCUT2D eigenvalue weighted by atomic mass is 9.96. The number of carboxylic acids is 1. The van der Waals surface area contributed by atoms with Gasteiger partial charge in [-0.3, -0.25) is 43.2 Å². The summed E-state index contributed by atoms with van der Waals surface area (Å²) in [7, 11) is 0. The zero-order chi connectivity index (χ0) is 39.7. The van der Waals surface area contributed by atoms with E-state index in [0.29, 0.717) is 12.8 Å². The van der Waals surface area contributed by atoms with Crippen molar-refractivity contribution in [2.24, 2.45) is 29.2 Å². The quantitative estimate of drug-likeness (QED) is 0.0547. The highest BCUT2D eigenvalue weighted by atomic mass is 16.4. The molecule has 0 aromatic heterocycles. The molecule has 11 N–H and O–H groups in total. The third kappa shape index (κ3) is 15.2. The summed E-state index contributed by atoms with van der Waals surface area (Å²) in [6.07, 6.45) is 0.863. The smallest absolute Gasteiger partial charge is 0.322 e. The van der Waals surface area contributed by atoms with Crippen LogP contribution in [0.25, 0.3) is 0 Å². The van der Waals surface area contributed by atoms with E-state index in [0.717, 1.165) is 0 Å². The minimum atomic E-state index is -1.31. The summed E-state index contributed by atoms with van der Waals surface area (Å²) in [5.74, 6) is -7.64. The van der Waals surface area contributed by atoms with E-state index in [1.165, 1.54) is 4.90 Å². The first-order valence-electron chi connectivity index (χ1n) is 17.6. The van der Waals surface area contributed by atoms with E-state index >= 15 is 0 Å². The molecule has 6 atom stereocenters. The summed E-state index contributed by atoms with van der Waals surface area (Å²) in [5.41, 5.74) is 10.6. The summed E-state index contributed by atoms with van der Waals surface area (Å²) >= 11 is 0. The number of carbonyl (C=O) groups excluding carboxylic acids is 8. The molecule has 0 aliphatic carbocycles. The van der Waals surface area contributed by atoms with Crippen LogP contribution in [0.4, 0.5) is 0 Å². The van der Waals surface area contributed by atoms with Gasteiger partial charge < -0.3 is 53.4 Å². The summed E-state index contributed by atoms with van der Waals surface area (Å²) in [6.45, 7) is 9.30. The highest BCUT2D eigenvalue weighted by molar-refractivity contribution is 5.97. The highest BCUT2D eigenvalue weighted by Gasteiger charge is 2.39. The van der Waals surface area contributed by atoms with Gasteiger partial charge in [0.2, 0.25) is 47.3 Å². The fourth-order valence-electron chi connectivity index (χ4n) is 5.52. The van der Waals surface area contributed by atoms with Crippen LogP contribution in [0.1, 0.15) is 80.1 Å². The normalized spacial score (nSPS) is 16.9. The summed E-state index contributed by atoms with van der Waals surface area (Å²) in [4.78, 5) is 115. The molecule has 0 radical (unpaired) electrons. The van der Waals surface area contributed by atoms with Gasteiger partial charge >= 0.3 is 5.97 Å². The standard InChI is InChI=1S/C33H57N9O10/c1-7-19(6)28(40-25(45)15-36-24(44)14-34)32(51)39-21(13-17(2)3)29(48)41-27(18(4)5)31(50)38-20(10-11-23(35)43)33(52)42-12-8-9-22(42)30(49)37-16-26(46)47/h17-22,27-28H,7-16,34H2,1-6H3,(H2,35,43)(H,36,44)(H,37,49)(H,38,50)(H,39,51)(H,40,45)(H,41,48)(H,46,47)/t19-,20-,21-,22-,27-,28-/m0/s1. The van der Waals surface area contributed by atoms with Gasteiger partial charge in [0.05, 0.1) is 13.1 Å². The molecule has 0 unspecified atom stereocenters. The van der Waals surface area contributed by atoms with Crippen molar-refractivity contribution in [3.05, 3.63) is 0 Å². The molecule has 294 valence electrons. The van der Waals surface area contributed by atoms with Gasteiger partial charge in [-0.25, -0.2) is 0 Å². The van der Waals surface area contributed by atoms with Gasteiger partial charge in [0.15, 0.2) is 0 Å². The van der Waals surface area contributed by atoms with Crippen molar-refractivity contribution in [1.82, 2.24) is 36.8 Å². The predicted molar refractivity (Wildman–Crippen MR) is 187 cm³/mol. The van der Waals surface area contributed by atoms with Crippen molar-refractivity contribution >= 4 is 53.2 Å². The van der Waals surface area contributed by atoms with Gasteiger partial charge in [-0.05, 0) is 43.4 Å². The van der Waals surface area contributed by atoms with Crippen LogP contribution in [0.3, 0.4) is 0 Å². The third-order valence-corrected chi connectivity index (χ3v) is 8.58. The lowest BCUT2D eigenvalue weighted by molar-refractivity contribution is -0.143. The second-order valence-electron chi connectivity index (χ2n) is 13.7. The molecule has 1 heterocycles. The molecule has 1 aliphatic heterocycles. The number of likely N-dealkylation sites (tertiary alicyclic amines) is 1. The van der Waals surface area contributed by atoms with Gasteiger partial charge in [-0.15, -0.1) is 0 Å². The van der Waals surface area contributed by atoms with Crippen molar-refractivity contribution in [3.63, 3.8) is 0 Å². The first-order valence-corrected chi connectivity index (χ1v) is 17.6. The number of carbonyl (C=O) groups is 9. The van der Waals surface area contributed by atoms with E-state index in [-0.39, 0.29) is 50.6 Å². The Morgan fingerprint density at radius 3 is 1.94 bits per heavy atom. The fourth-order valence-corrected chi connectivity index (χ4v) is 5.52. The molecule has 19 nitrogen and oxygen atoms in total. The van der Waals surface area contributed by atoms with Crippen LogP contribution in [0.2, 0.25) is 0 Å². The molecule has 0 spiro atoms. The SMILES string of the molecule is CC[C@H](C)[C@H](NC(=O)CNC(=O)CN)C(=O)N[C@@H](CC(C)C)C(=O)N[C@H](C(=O)N[C@@H](CCC(N)=O)C(=O)N1CCC[C@H]1C(=O)NCC(=O)O)C(C)C. The Labute approximate surface area is 303 Å². The zero-order valence-electron chi connectivity index (χ0n) is 30.9. The number of nitrogens with one attached hydrogen (secondary N) is 6. The minimum absolute atomic E-state index is 0.0950. The van der Waals surface area contributed by atoms with Crippen molar-refractivity contribution in [3.8, 4) is 0 Å². The number of primary amides is 1. The molecule has 0 saturated carbocycles. The molecule has 52 heavy (non-hydrogen) atoms. The Morgan fingerprint density at radius 2 is 1.40 bits per heavy atom. The van der Waals surface area contributed by atoms with Gasteiger partial charge in [-0.1, -0.05) is 48.0 Å². The molecule has 0 aromatic carbocycles. The van der Waals surface area contributed by atoms with Crippen LogP contribution in [-0.2, 0) is 43.2 Å². The van der Waals surface area contributed by atoms with Crippen molar-refractivity contribution in [2.75, 3.05) is 26.2 Å². The second-order valence-corrected chi connectivity index (χ2v) is 13.7. The topological polar surface area (TPSA) is 301 Å². The molecule has 1 fully saturated rings. The van der Waals surface area contributed by atoms with E-state index < -0.39 is 102 Å². The Hall–Kier alpha value is -4.81. The van der Waals surface area contributed by atoms with Gasteiger partial charge in [0, 0.05) is 13.0 Å². The lowest BCUT2D eigenvalue weighted by Gasteiger charge is -2.31. The number of hydrogen-bond donors (Lipinski definition) is 9. The average Bonchev–Trinajstić information content (AvgIpc) is 3.57. The Balaban J connectivity index is 3.22. The van der Waals surface area contributed by atoms with Crippen LogP contribution in [0.5, 0.6) is 0 Å². The monoisotopic (exact) mass is 739 g/mol. The molecule has 1 rings (SSSR count). The number of rotatable bonds is 22. The van der Waals surface area contributed by atoms with E-state index in [1.807, 2.05) is 20.8 Å². The number of aliphatic carboxylic acids is 1. The summed E-state index contributed by atoms with van der Waals surface area (Å²) in [6, 6.07) is -5.71.